The zero-order chi connectivity index (χ0) is 13.8. The highest BCUT2D eigenvalue weighted by molar-refractivity contribution is 5.82. The summed E-state index contributed by atoms with van der Waals surface area (Å²) in [5, 5.41) is 0. The van der Waals surface area contributed by atoms with Crippen LogP contribution in [0.3, 0.4) is 0 Å². The topological polar surface area (TPSA) is 17.1 Å². The number of rotatable bonds is 2. The number of ketones is 1. The second-order valence-electron chi connectivity index (χ2n) is 6.71. The molecule has 1 nitrogen and oxygen atoms in total. The first-order valence-electron chi connectivity index (χ1n) is 8.42. The molecule has 2 aliphatic carbocycles. The number of carbonyl (C=O) groups excluding carboxylic acids is 1. The average Bonchev–Trinajstić information content (AvgIpc) is 2.78. The molecule has 2 fully saturated rings. The molecule has 2 atom stereocenters. The highest BCUT2D eigenvalue weighted by Gasteiger charge is 2.34. The molecule has 3 rings (SSSR count). The third-order valence-electron chi connectivity index (χ3n) is 5.43. The van der Waals surface area contributed by atoms with Gasteiger partial charge in [-0.1, -0.05) is 56.0 Å². The van der Waals surface area contributed by atoms with E-state index >= 15 is 0 Å². The van der Waals surface area contributed by atoms with E-state index in [1.807, 2.05) is 0 Å². The van der Waals surface area contributed by atoms with Crippen molar-refractivity contribution in [2.24, 2.45) is 11.8 Å². The van der Waals surface area contributed by atoms with Crippen LogP contribution < -0.4 is 0 Å². The number of hydrogen-bond acceptors (Lipinski definition) is 1. The molecule has 0 amide bonds. The first-order valence-corrected chi connectivity index (χ1v) is 8.42. The molecule has 1 aromatic carbocycles. The second-order valence-corrected chi connectivity index (χ2v) is 6.71. The molecule has 0 bridgehead atoms. The summed E-state index contributed by atoms with van der Waals surface area (Å²) < 4.78 is 0. The highest BCUT2D eigenvalue weighted by Crippen LogP contribution is 2.41. The first kappa shape index (κ1) is 13.9. The third-order valence-corrected chi connectivity index (χ3v) is 5.43. The largest absolute Gasteiger partial charge is 0.299 e. The number of carbonyl (C=O) groups is 1. The van der Waals surface area contributed by atoms with Crippen LogP contribution in [-0.4, -0.2) is 5.78 Å². The van der Waals surface area contributed by atoms with E-state index in [1.54, 1.807) is 0 Å². The summed E-state index contributed by atoms with van der Waals surface area (Å²) in [7, 11) is 0. The minimum absolute atomic E-state index is 0.354. The van der Waals surface area contributed by atoms with Crippen molar-refractivity contribution in [1.82, 2.24) is 0 Å². The summed E-state index contributed by atoms with van der Waals surface area (Å²) in [4.78, 5) is 12.4. The molecule has 20 heavy (non-hydrogen) atoms. The van der Waals surface area contributed by atoms with Crippen LogP contribution in [0.15, 0.2) is 30.3 Å². The number of benzene rings is 1. The summed E-state index contributed by atoms with van der Waals surface area (Å²) in [6, 6.07) is 10.8. The van der Waals surface area contributed by atoms with Gasteiger partial charge in [-0.05, 0) is 43.1 Å². The van der Waals surface area contributed by atoms with Gasteiger partial charge in [0, 0.05) is 12.3 Å². The Morgan fingerprint density at radius 1 is 0.850 bits per heavy atom. The van der Waals surface area contributed by atoms with Gasteiger partial charge in [0.2, 0.25) is 0 Å². The zero-order valence-electron chi connectivity index (χ0n) is 12.4. The van der Waals surface area contributed by atoms with Gasteiger partial charge in [-0.2, -0.15) is 0 Å². The third kappa shape index (κ3) is 3.13. The highest BCUT2D eigenvalue weighted by atomic mass is 16.1. The Bertz CT molecular complexity index is 428. The molecule has 0 aliphatic heterocycles. The van der Waals surface area contributed by atoms with Crippen molar-refractivity contribution in [3.8, 4) is 0 Å². The van der Waals surface area contributed by atoms with Crippen molar-refractivity contribution in [3.63, 3.8) is 0 Å². The van der Waals surface area contributed by atoms with Gasteiger partial charge >= 0.3 is 0 Å². The van der Waals surface area contributed by atoms with Crippen LogP contribution in [0.1, 0.15) is 69.3 Å². The molecular formula is C19H26O. The van der Waals surface area contributed by atoms with Crippen LogP contribution in [0.25, 0.3) is 0 Å². The zero-order valence-corrected chi connectivity index (χ0v) is 12.4. The van der Waals surface area contributed by atoms with Gasteiger partial charge in [0.15, 0.2) is 0 Å². The number of hydrogen-bond donors (Lipinski definition) is 0. The van der Waals surface area contributed by atoms with Gasteiger partial charge in [-0.3, -0.25) is 4.79 Å². The maximum atomic E-state index is 12.4. The van der Waals surface area contributed by atoms with Crippen LogP contribution in [0.5, 0.6) is 0 Å². The van der Waals surface area contributed by atoms with Gasteiger partial charge in [0.05, 0.1) is 0 Å². The molecule has 0 radical (unpaired) electrons. The van der Waals surface area contributed by atoms with Crippen LogP contribution in [0, 0.1) is 11.8 Å². The van der Waals surface area contributed by atoms with E-state index < -0.39 is 0 Å². The fourth-order valence-electron chi connectivity index (χ4n) is 4.25. The SMILES string of the molecule is O=C1CCC(c2ccccc2)CC1C1CCCCCC1. The van der Waals surface area contributed by atoms with E-state index in [1.165, 1.54) is 44.1 Å². The Labute approximate surface area is 122 Å². The molecule has 108 valence electrons. The van der Waals surface area contributed by atoms with Gasteiger partial charge in [-0.15, -0.1) is 0 Å². The maximum absolute atomic E-state index is 12.4. The smallest absolute Gasteiger partial charge is 0.136 e. The van der Waals surface area contributed by atoms with Crippen LogP contribution in [0.2, 0.25) is 0 Å². The van der Waals surface area contributed by atoms with Gasteiger partial charge in [-0.25, -0.2) is 0 Å². The molecular weight excluding hydrogens is 244 g/mol. The van der Waals surface area contributed by atoms with Gasteiger partial charge in [0.25, 0.3) is 0 Å². The Morgan fingerprint density at radius 3 is 2.25 bits per heavy atom. The lowest BCUT2D eigenvalue weighted by Gasteiger charge is -2.33. The minimum Gasteiger partial charge on any atom is -0.299 e. The molecule has 1 aromatic rings. The summed E-state index contributed by atoms with van der Waals surface area (Å²) in [5.74, 6) is 2.20. The molecule has 0 spiro atoms. The van der Waals surface area contributed by atoms with Crippen molar-refractivity contribution in [3.05, 3.63) is 35.9 Å². The maximum Gasteiger partial charge on any atom is 0.136 e. The fourth-order valence-corrected chi connectivity index (χ4v) is 4.25. The molecule has 0 N–H and O–H groups in total. The van der Waals surface area contributed by atoms with Gasteiger partial charge in [0.1, 0.15) is 5.78 Å². The molecule has 0 aromatic heterocycles. The Morgan fingerprint density at radius 2 is 1.55 bits per heavy atom. The molecule has 2 aliphatic rings. The average molecular weight is 270 g/mol. The van der Waals surface area contributed by atoms with E-state index in [9.17, 15) is 4.79 Å². The molecule has 2 saturated carbocycles. The lowest BCUT2D eigenvalue weighted by Crippen LogP contribution is -2.30. The predicted octanol–water partition coefficient (Wildman–Crippen LogP) is 5.11. The molecule has 0 saturated heterocycles. The van der Waals surface area contributed by atoms with E-state index in [0.717, 1.165) is 19.3 Å². The standard InChI is InChI=1S/C19H26O/c20-19-13-12-17(15-8-6-3-7-9-15)14-18(19)16-10-4-1-2-5-11-16/h3,6-9,16-18H,1-2,4-5,10-14H2. The Balaban J connectivity index is 1.71. The minimum atomic E-state index is 0.354. The van der Waals surface area contributed by atoms with E-state index in [-0.39, 0.29) is 0 Å². The van der Waals surface area contributed by atoms with Crippen molar-refractivity contribution in [2.45, 2.75) is 63.7 Å². The van der Waals surface area contributed by atoms with E-state index in [0.29, 0.717) is 23.5 Å². The number of Topliss-reactive ketones (excluding diaryl/α,β-unsaturated/α-hetero) is 1. The fraction of sp³-hybridized carbons (Fsp3) is 0.632. The monoisotopic (exact) mass is 270 g/mol. The van der Waals surface area contributed by atoms with Crippen LogP contribution >= 0.6 is 0 Å². The van der Waals surface area contributed by atoms with Crippen molar-refractivity contribution < 1.29 is 4.79 Å². The quantitative estimate of drug-likeness (QED) is 0.682. The molecule has 1 heteroatoms. The lowest BCUT2D eigenvalue weighted by atomic mass is 9.70. The van der Waals surface area contributed by atoms with E-state index in [4.69, 9.17) is 0 Å². The normalized spacial score (nSPS) is 29.1. The van der Waals surface area contributed by atoms with E-state index in [2.05, 4.69) is 30.3 Å². The van der Waals surface area contributed by atoms with Crippen LogP contribution in [-0.2, 0) is 4.79 Å². The molecule has 0 heterocycles. The first-order chi connectivity index (χ1) is 9.84. The Hall–Kier alpha value is -1.11. The Kier molecular flexibility index (Phi) is 4.54. The van der Waals surface area contributed by atoms with Crippen molar-refractivity contribution in [1.29, 1.82) is 0 Å². The van der Waals surface area contributed by atoms with Crippen molar-refractivity contribution in [2.75, 3.05) is 0 Å². The molecule has 2 unspecified atom stereocenters. The van der Waals surface area contributed by atoms with Crippen LogP contribution in [0.4, 0.5) is 0 Å². The second kappa shape index (κ2) is 6.56. The summed E-state index contributed by atoms with van der Waals surface area (Å²) in [6.45, 7) is 0. The van der Waals surface area contributed by atoms with Gasteiger partial charge < -0.3 is 0 Å². The van der Waals surface area contributed by atoms with Crippen molar-refractivity contribution >= 4 is 5.78 Å². The predicted molar refractivity (Wildman–Crippen MR) is 82.7 cm³/mol. The summed E-state index contributed by atoms with van der Waals surface area (Å²) in [5.41, 5.74) is 1.44. The summed E-state index contributed by atoms with van der Waals surface area (Å²) >= 11 is 0. The lowest BCUT2D eigenvalue weighted by molar-refractivity contribution is -0.127. The summed E-state index contributed by atoms with van der Waals surface area (Å²) in [6.07, 6.45) is 11.0.